The van der Waals surface area contributed by atoms with Crippen LogP contribution in [0.3, 0.4) is 0 Å². The molecule has 2 aliphatic carbocycles. The summed E-state index contributed by atoms with van der Waals surface area (Å²) in [6, 6.07) is 8.77. The van der Waals surface area contributed by atoms with E-state index in [1.54, 1.807) is 0 Å². The van der Waals surface area contributed by atoms with Crippen LogP contribution in [-0.2, 0) is 6.42 Å². The Balaban J connectivity index is 2.06. The minimum absolute atomic E-state index is 0.166. The van der Waals surface area contributed by atoms with Crippen molar-refractivity contribution < 1.29 is 0 Å². The molecule has 2 nitrogen and oxygen atoms in total. The monoisotopic (exact) mass is 242 g/mol. The summed E-state index contributed by atoms with van der Waals surface area (Å²) in [6.07, 6.45) is 4.74. The summed E-state index contributed by atoms with van der Waals surface area (Å²) >= 11 is 0. The van der Waals surface area contributed by atoms with Crippen molar-refractivity contribution in [1.82, 2.24) is 0 Å². The van der Waals surface area contributed by atoms with Crippen LogP contribution in [-0.4, -0.2) is 13.1 Å². The highest BCUT2D eigenvalue weighted by Gasteiger charge is 2.55. The lowest BCUT2D eigenvalue weighted by molar-refractivity contribution is 0.585. The maximum Gasteiger partial charge on any atom is 0.0122 e. The predicted molar refractivity (Wildman–Crippen MR) is 75.9 cm³/mol. The average molecular weight is 242 g/mol. The molecule has 4 N–H and O–H groups in total. The molecule has 0 amide bonds. The van der Waals surface area contributed by atoms with Crippen molar-refractivity contribution in [2.75, 3.05) is 13.1 Å². The highest BCUT2D eigenvalue weighted by atomic mass is 14.7. The molecule has 0 aromatic heterocycles. The van der Waals surface area contributed by atoms with Crippen LogP contribution in [0.15, 0.2) is 30.3 Å². The smallest absolute Gasteiger partial charge is 0.0122 e. The Kier molecular flexibility index (Phi) is 2.80. The Morgan fingerprint density at radius 3 is 2.72 bits per heavy atom. The van der Waals surface area contributed by atoms with Crippen LogP contribution in [0.25, 0.3) is 5.57 Å². The van der Waals surface area contributed by atoms with Gasteiger partial charge in [-0.05, 0) is 47.9 Å². The van der Waals surface area contributed by atoms with Crippen molar-refractivity contribution in [3.63, 3.8) is 0 Å². The van der Waals surface area contributed by atoms with E-state index in [2.05, 4.69) is 37.3 Å². The lowest BCUT2D eigenvalue weighted by atomic mass is 9.77. The molecule has 2 aliphatic rings. The highest BCUT2D eigenvalue weighted by molar-refractivity contribution is 5.77. The van der Waals surface area contributed by atoms with Gasteiger partial charge >= 0.3 is 0 Å². The van der Waals surface area contributed by atoms with Gasteiger partial charge in [0, 0.05) is 12.0 Å². The summed E-state index contributed by atoms with van der Waals surface area (Å²) in [4.78, 5) is 0. The van der Waals surface area contributed by atoms with Gasteiger partial charge in [0.2, 0.25) is 0 Å². The van der Waals surface area contributed by atoms with E-state index in [9.17, 15) is 0 Å². The van der Waals surface area contributed by atoms with Crippen molar-refractivity contribution in [2.24, 2.45) is 28.7 Å². The summed E-state index contributed by atoms with van der Waals surface area (Å²) in [5.74, 6) is 1.18. The summed E-state index contributed by atoms with van der Waals surface area (Å²) in [6.45, 7) is 3.77. The summed E-state index contributed by atoms with van der Waals surface area (Å²) in [7, 11) is 0. The van der Waals surface area contributed by atoms with E-state index < -0.39 is 0 Å². The third-order valence-electron chi connectivity index (χ3n) is 4.72. The molecule has 18 heavy (non-hydrogen) atoms. The van der Waals surface area contributed by atoms with Gasteiger partial charge in [-0.25, -0.2) is 0 Å². The molecule has 2 heteroatoms. The molecular formula is C16H22N2. The first-order valence-electron chi connectivity index (χ1n) is 6.92. The van der Waals surface area contributed by atoms with Crippen LogP contribution < -0.4 is 11.5 Å². The maximum atomic E-state index is 6.07. The van der Waals surface area contributed by atoms with Gasteiger partial charge < -0.3 is 11.5 Å². The van der Waals surface area contributed by atoms with Gasteiger partial charge in [0.1, 0.15) is 0 Å². The average Bonchev–Trinajstić information content (AvgIpc) is 3.12. The van der Waals surface area contributed by atoms with E-state index in [0.717, 1.165) is 25.9 Å². The third kappa shape index (κ3) is 1.63. The Bertz CT molecular complexity index is 492. The van der Waals surface area contributed by atoms with Crippen LogP contribution in [0, 0.1) is 17.3 Å². The Morgan fingerprint density at radius 2 is 2.06 bits per heavy atom. The SMILES string of the molecule is CC1C=C(C2(CN)CC2CN)c2ccccc2C1. The van der Waals surface area contributed by atoms with E-state index in [-0.39, 0.29) is 5.41 Å². The fourth-order valence-electron chi connectivity index (χ4n) is 3.55. The van der Waals surface area contributed by atoms with Crippen LogP contribution in [0.1, 0.15) is 24.5 Å². The number of hydrogen-bond acceptors (Lipinski definition) is 2. The molecule has 3 atom stereocenters. The molecule has 0 bridgehead atoms. The van der Waals surface area contributed by atoms with E-state index in [4.69, 9.17) is 11.5 Å². The van der Waals surface area contributed by atoms with Crippen molar-refractivity contribution in [2.45, 2.75) is 19.8 Å². The Hall–Kier alpha value is -1.12. The lowest BCUT2D eigenvalue weighted by Crippen LogP contribution is -2.25. The molecule has 1 aromatic rings. The second-order valence-corrected chi connectivity index (χ2v) is 5.92. The van der Waals surface area contributed by atoms with E-state index in [1.165, 1.54) is 16.7 Å². The molecule has 0 aliphatic heterocycles. The second-order valence-electron chi connectivity index (χ2n) is 5.92. The van der Waals surface area contributed by atoms with Crippen LogP contribution in [0.5, 0.6) is 0 Å². The fraction of sp³-hybridized carbons (Fsp3) is 0.500. The van der Waals surface area contributed by atoms with Crippen LogP contribution in [0.2, 0.25) is 0 Å². The highest BCUT2D eigenvalue weighted by Crippen LogP contribution is 2.61. The first-order valence-corrected chi connectivity index (χ1v) is 6.92. The molecule has 1 fully saturated rings. The molecule has 96 valence electrons. The second kappa shape index (κ2) is 4.22. The van der Waals surface area contributed by atoms with Crippen molar-refractivity contribution in [3.8, 4) is 0 Å². The minimum Gasteiger partial charge on any atom is -0.330 e. The zero-order valence-corrected chi connectivity index (χ0v) is 11.0. The number of rotatable bonds is 3. The molecular weight excluding hydrogens is 220 g/mol. The molecule has 3 unspecified atom stereocenters. The standard InChI is InChI=1S/C16H22N2/c1-11-6-12-4-2-3-5-14(12)15(7-11)16(10-18)8-13(16)9-17/h2-5,7,11,13H,6,8-10,17-18H2,1H3. The normalized spacial score (nSPS) is 33.8. The lowest BCUT2D eigenvalue weighted by Gasteiger charge is -2.28. The molecule has 0 spiro atoms. The molecule has 0 heterocycles. The van der Waals surface area contributed by atoms with Crippen LogP contribution in [0.4, 0.5) is 0 Å². The van der Waals surface area contributed by atoms with Gasteiger partial charge in [-0.3, -0.25) is 0 Å². The number of nitrogens with two attached hydrogens (primary N) is 2. The molecule has 0 saturated heterocycles. The molecule has 1 aromatic carbocycles. The quantitative estimate of drug-likeness (QED) is 0.853. The molecule has 3 rings (SSSR count). The molecule has 1 saturated carbocycles. The summed E-state index contributed by atoms with van der Waals surface area (Å²) in [5.41, 5.74) is 16.5. The summed E-state index contributed by atoms with van der Waals surface area (Å²) < 4.78 is 0. The van der Waals surface area contributed by atoms with Gasteiger partial charge in [-0.15, -0.1) is 0 Å². The zero-order chi connectivity index (χ0) is 12.8. The van der Waals surface area contributed by atoms with Crippen LogP contribution >= 0.6 is 0 Å². The zero-order valence-electron chi connectivity index (χ0n) is 11.0. The number of hydrogen-bond donors (Lipinski definition) is 2. The van der Waals surface area contributed by atoms with Gasteiger partial charge in [0.25, 0.3) is 0 Å². The fourth-order valence-corrected chi connectivity index (χ4v) is 3.55. The van der Waals surface area contributed by atoms with Crippen molar-refractivity contribution >= 4 is 5.57 Å². The van der Waals surface area contributed by atoms with Gasteiger partial charge in [0.05, 0.1) is 0 Å². The number of allylic oxidation sites excluding steroid dienone is 1. The van der Waals surface area contributed by atoms with Gasteiger partial charge in [0.15, 0.2) is 0 Å². The molecule has 0 radical (unpaired) electrons. The van der Waals surface area contributed by atoms with E-state index >= 15 is 0 Å². The summed E-state index contributed by atoms with van der Waals surface area (Å²) in [5, 5.41) is 0. The van der Waals surface area contributed by atoms with E-state index in [0.29, 0.717) is 11.8 Å². The van der Waals surface area contributed by atoms with E-state index in [1.807, 2.05) is 0 Å². The predicted octanol–water partition coefficient (Wildman–Crippen LogP) is 2.19. The Morgan fingerprint density at radius 1 is 1.28 bits per heavy atom. The number of benzene rings is 1. The van der Waals surface area contributed by atoms with Crippen molar-refractivity contribution in [3.05, 3.63) is 41.5 Å². The van der Waals surface area contributed by atoms with Gasteiger partial charge in [-0.2, -0.15) is 0 Å². The first-order chi connectivity index (χ1) is 8.71. The maximum absolute atomic E-state index is 6.07. The topological polar surface area (TPSA) is 52.0 Å². The first kappa shape index (κ1) is 11.9. The van der Waals surface area contributed by atoms with Gasteiger partial charge in [-0.1, -0.05) is 37.3 Å². The minimum atomic E-state index is 0.166. The van der Waals surface area contributed by atoms with Crippen molar-refractivity contribution in [1.29, 1.82) is 0 Å². The third-order valence-corrected chi connectivity index (χ3v) is 4.72. The Labute approximate surface area is 109 Å². The number of fused-ring (bicyclic) bond motifs is 1. The largest absolute Gasteiger partial charge is 0.330 e.